The van der Waals surface area contributed by atoms with E-state index >= 15 is 0 Å². The summed E-state index contributed by atoms with van der Waals surface area (Å²) in [5.74, 6) is 0. The van der Waals surface area contributed by atoms with Gasteiger partial charge in [-0.15, -0.1) is 0 Å². The van der Waals surface area contributed by atoms with Crippen molar-refractivity contribution in [2.24, 2.45) is 0 Å². The Morgan fingerprint density at radius 3 is 1.42 bits per heavy atom. The number of hydrogen-bond donors (Lipinski definition) is 0. The SMILES string of the molecule is CC.CC(C)(C)c1ccc(-c2c3ccccc3c(-c3ccc4c(c3)oc3cc(-c5cccc6c5oc5ccccc56)ccc34)c3ccccc23)cc1. The van der Waals surface area contributed by atoms with Crippen molar-refractivity contribution in [3.8, 4) is 33.4 Å². The smallest absolute Gasteiger partial charge is 0.143 e. The fourth-order valence-electron chi connectivity index (χ4n) is 7.96. The highest BCUT2D eigenvalue weighted by Crippen LogP contribution is 2.45. The minimum atomic E-state index is 0.103. The topological polar surface area (TPSA) is 26.3 Å². The Morgan fingerprint density at radius 2 is 0.827 bits per heavy atom. The van der Waals surface area contributed by atoms with E-state index in [0.717, 1.165) is 60.6 Å². The minimum absolute atomic E-state index is 0.103. The highest BCUT2D eigenvalue weighted by Gasteiger charge is 2.20. The molecule has 2 aromatic heterocycles. The summed E-state index contributed by atoms with van der Waals surface area (Å²) in [6, 6.07) is 54.6. The average Bonchev–Trinajstić information content (AvgIpc) is 3.75. The first-order chi connectivity index (χ1) is 25.4. The Labute approximate surface area is 303 Å². The first-order valence-corrected chi connectivity index (χ1v) is 18.3. The second-order valence-electron chi connectivity index (χ2n) is 14.5. The molecule has 252 valence electrons. The van der Waals surface area contributed by atoms with E-state index in [4.69, 9.17) is 8.83 Å². The number of rotatable bonds is 3. The van der Waals surface area contributed by atoms with Crippen LogP contribution in [0.1, 0.15) is 40.2 Å². The maximum absolute atomic E-state index is 6.67. The van der Waals surface area contributed by atoms with Gasteiger partial charge in [0.2, 0.25) is 0 Å². The van der Waals surface area contributed by atoms with Gasteiger partial charge in [-0.25, -0.2) is 0 Å². The molecule has 0 saturated carbocycles. The molecule has 10 rings (SSSR count). The lowest BCUT2D eigenvalue weighted by Crippen LogP contribution is -2.10. The molecule has 0 aliphatic rings. The normalized spacial score (nSPS) is 11.9. The van der Waals surface area contributed by atoms with E-state index in [2.05, 4.69) is 160 Å². The molecule has 0 amide bonds. The van der Waals surface area contributed by atoms with Crippen molar-refractivity contribution in [3.05, 3.63) is 157 Å². The van der Waals surface area contributed by atoms with Crippen LogP contribution in [-0.4, -0.2) is 0 Å². The Bertz CT molecular complexity index is 2890. The molecule has 0 bridgehead atoms. The third kappa shape index (κ3) is 5.01. The lowest BCUT2D eigenvalue weighted by atomic mass is 9.83. The van der Waals surface area contributed by atoms with Gasteiger partial charge in [0.05, 0.1) is 0 Å². The maximum atomic E-state index is 6.67. The fourth-order valence-corrected chi connectivity index (χ4v) is 7.96. The van der Waals surface area contributed by atoms with Crippen LogP contribution in [0.25, 0.3) is 98.8 Å². The summed E-state index contributed by atoms with van der Waals surface area (Å²) < 4.78 is 13.0. The molecule has 0 aliphatic heterocycles. The highest BCUT2D eigenvalue weighted by molar-refractivity contribution is 6.22. The summed E-state index contributed by atoms with van der Waals surface area (Å²) in [4.78, 5) is 0. The molecule has 10 aromatic rings. The van der Waals surface area contributed by atoms with E-state index < -0.39 is 0 Å². The molecule has 2 heterocycles. The second-order valence-corrected chi connectivity index (χ2v) is 14.5. The molecule has 0 aliphatic carbocycles. The van der Waals surface area contributed by atoms with Gasteiger partial charge in [0.15, 0.2) is 0 Å². The zero-order valence-electron chi connectivity index (χ0n) is 30.3. The Morgan fingerprint density at radius 1 is 0.365 bits per heavy atom. The summed E-state index contributed by atoms with van der Waals surface area (Å²) in [6.07, 6.45) is 0. The maximum Gasteiger partial charge on any atom is 0.143 e. The molecule has 0 atom stereocenters. The van der Waals surface area contributed by atoms with Crippen LogP contribution >= 0.6 is 0 Å². The molecule has 0 spiro atoms. The van der Waals surface area contributed by atoms with Crippen LogP contribution in [0.15, 0.2) is 160 Å². The number of para-hydroxylation sites is 2. The Hall–Kier alpha value is -6.12. The van der Waals surface area contributed by atoms with Crippen molar-refractivity contribution in [2.45, 2.75) is 40.0 Å². The first kappa shape index (κ1) is 31.8. The predicted molar refractivity (Wildman–Crippen MR) is 222 cm³/mol. The molecule has 52 heavy (non-hydrogen) atoms. The molecule has 2 heteroatoms. The zero-order valence-corrected chi connectivity index (χ0v) is 30.3. The second kappa shape index (κ2) is 12.3. The summed E-state index contributed by atoms with van der Waals surface area (Å²) in [5, 5.41) is 9.44. The number of furan rings is 2. The van der Waals surface area contributed by atoms with Gasteiger partial charge in [-0.1, -0.05) is 156 Å². The van der Waals surface area contributed by atoms with Crippen LogP contribution in [0.2, 0.25) is 0 Å². The third-order valence-corrected chi connectivity index (χ3v) is 10.4. The number of hydrogen-bond acceptors (Lipinski definition) is 2. The summed E-state index contributed by atoms with van der Waals surface area (Å²) in [6.45, 7) is 10.8. The van der Waals surface area contributed by atoms with Crippen molar-refractivity contribution in [2.75, 3.05) is 0 Å². The van der Waals surface area contributed by atoms with Gasteiger partial charge in [-0.05, 0) is 90.7 Å². The van der Waals surface area contributed by atoms with E-state index in [1.807, 2.05) is 26.0 Å². The average molecular weight is 673 g/mol. The van der Waals surface area contributed by atoms with Crippen molar-refractivity contribution in [3.63, 3.8) is 0 Å². The first-order valence-electron chi connectivity index (χ1n) is 18.3. The number of fused-ring (bicyclic) bond motifs is 8. The van der Waals surface area contributed by atoms with E-state index in [1.165, 1.54) is 43.8 Å². The molecular formula is C50H40O2. The van der Waals surface area contributed by atoms with Crippen LogP contribution in [0.4, 0.5) is 0 Å². The molecule has 0 unspecified atom stereocenters. The highest BCUT2D eigenvalue weighted by atomic mass is 16.3. The van der Waals surface area contributed by atoms with Crippen molar-refractivity contribution >= 4 is 65.4 Å². The summed E-state index contributed by atoms with van der Waals surface area (Å²) in [5.41, 5.74) is 12.0. The van der Waals surface area contributed by atoms with E-state index in [9.17, 15) is 0 Å². The van der Waals surface area contributed by atoms with Gasteiger partial charge in [-0.3, -0.25) is 0 Å². The Kier molecular flexibility index (Phi) is 7.52. The van der Waals surface area contributed by atoms with Crippen LogP contribution < -0.4 is 0 Å². The molecule has 0 radical (unpaired) electrons. The van der Waals surface area contributed by atoms with Crippen molar-refractivity contribution < 1.29 is 8.83 Å². The summed E-state index contributed by atoms with van der Waals surface area (Å²) >= 11 is 0. The van der Waals surface area contributed by atoms with Crippen molar-refractivity contribution in [1.82, 2.24) is 0 Å². The van der Waals surface area contributed by atoms with E-state index in [1.54, 1.807) is 0 Å². The van der Waals surface area contributed by atoms with Gasteiger partial charge in [0, 0.05) is 27.1 Å². The lowest BCUT2D eigenvalue weighted by Gasteiger charge is -2.21. The molecule has 8 aromatic carbocycles. The molecular weight excluding hydrogens is 633 g/mol. The largest absolute Gasteiger partial charge is 0.456 e. The zero-order chi connectivity index (χ0) is 35.6. The molecule has 0 fully saturated rings. The van der Waals surface area contributed by atoms with Gasteiger partial charge < -0.3 is 8.83 Å². The molecule has 0 N–H and O–H groups in total. The quantitative estimate of drug-likeness (QED) is 0.175. The molecule has 2 nitrogen and oxygen atoms in total. The number of benzene rings is 8. The van der Waals surface area contributed by atoms with Gasteiger partial charge >= 0.3 is 0 Å². The predicted octanol–water partition coefficient (Wildman–Crippen LogP) is 15.1. The van der Waals surface area contributed by atoms with Crippen molar-refractivity contribution in [1.29, 1.82) is 0 Å². The third-order valence-electron chi connectivity index (χ3n) is 10.4. The van der Waals surface area contributed by atoms with E-state index in [0.29, 0.717) is 0 Å². The van der Waals surface area contributed by atoms with Gasteiger partial charge in [-0.2, -0.15) is 0 Å². The van der Waals surface area contributed by atoms with Gasteiger partial charge in [0.25, 0.3) is 0 Å². The van der Waals surface area contributed by atoms with E-state index in [-0.39, 0.29) is 5.41 Å². The summed E-state index contributed by atoms with van der Waals surface area (Å²) in [7, 11) is 0. The monoisotopic (exact) mass is 672 g/mol. The van der Waals surface area contributed by atoms with Gasteiger partial charge in [0.1, 0.15) is 22.3 Å². The minimum Gasteiger partial charge on any atom is -0.456 e. The standard InChI is InChI=1S/C48H34O2.C2H6/c1-48(2,3)32-23-19-29(20-24-32)45-37-12-4-6-14-39(37)46(40-15-7-5-13-38(40)45)31-22-26-36-35-25-21-30(27-43(35)49-44(36)28-31)33-16-10-17-41-34-11-8-9-18-42(34)50-47(33)41;1-2/h4-28H,1-3H3;1-2H3. The Balaban J connectivity index is 0.00000177. The lowest BCUT2D eigenvalue weighted by molar-refractivity contribution is 0.590. The van der Waals surface area contributed by atoms with Crippen LogP contribution in [0.5, 0.6) is 0 Å². The van der Waals surface area contributed by atoms with Crippen LogP contribution in [0.3, 0.4) is 0 Å². The van der Waals surface area contributed by atoms with Crippen LogP contribution in [-0.2, 0) is 5.41 Å². The molecule has 0 saturated heterocycles. The van der Waals surface area contributed by atoms with Crippen LogP contribution in [0, 0.1) is 0 Å². The fraction of sp³-hybridized carbons (Fsp3) is 0.120.